The summed E-state index contributed by atoms with van der Waals surface area (Å²) in [6.45, 7) is 6.72. The Hall–Kier alpha value is -1.10. The maximum absolute atomic E-state index is 3.50. The minimum absolute atomic E-state index is 0. The average Bonchev–Trinajstić information content (AvgIpc) is 2.98. The van der Waals surface area contributed by atoms with E-state index in [-0.39, 0.29) is 21.7 Å². The van der Waals surface area contributed by atoms with Gasteiger partial charge in [0.25, 0.3) is 0 Å². The zero-order valence-corrected chi connectivity index (χ0v) is 17.0. The summed E-state index contributed by atoms with van der Waals surface area (Å²) in [5.41, 5.74) is 0. The van der Waals surface area contributed by atoms with Crippen molar-refractivity contribution < 1.29 is 21.7 Å². The molecule has 3 nitrogen and oxygen atoms in total. The molecular weight excluding hydrogens is 318 g/mol. The van der Waals surface area contributed by atoms with Crippen LogP contribution >= 0.6 is 0 Å². The first-order valence-electron chi connectivity index (χ1n) is 6.90. The molecule has 0 aliphatic carbocycles. The maximum atomic E-state index is 3.50. The van der Waals surface area contributed by atoms with Gasteiger partial charge < -0.3 is 16.0 Å². The summed E-state index contributed by atoms with van der Waals surface area (Å²) in [6.07, 6.45) is 3.28. The van der Waals surface area contributed by atoms with Gasteiger partial charge in [-0.2, -0.15) is 59.8 Å². The molecule has 0 saturated heterocycles. The van der Waals surface area contributed by atoms with E-state index in [2.05, 4.69) is 71.6 Å². The summed E-state index contributed by atoms with van der Waals surface area (Å²) in [5.74, 6) is 0. The van der Waals surface area contributed by atoms with E-state index in [1.807, 2.05) is 0 Å². The predicted octanol–water partition coefficient (Wildman–Crippen LogP) is 5.77. The van der Waals surface area contributed by atoms with Crippen LogP contribution in [0.2, 0.25) is 0 Å². The van der Waals surface area contributed by atoms with Gasteiger partial charge >= 0.3 is 21.7 Å². The van der Waals surface area contributed by atoms with Crippen molar-refractivity contribution in [2.75, 3.05) is 42.3 Å². The van der Waals surface area contributed by atoms with Crippen molar-refractivity contribution in [1.29, 1.82) is 0 Å². The van der Waals surface area contributed by atoms with Crippen LogP contribution in [-0.2, 0) is 21.7 Å². The Morgan fingerprint density at radius 1 is 0.783 bits per heavy atom. The molecule has 0 aromatic heterocycles. The van der Waals surface area contributed by atoms with Gasteiger partial charge in [0.05, 0.1) is 0 Å². The molecule has 2 aromatic rings. The van der Waals surface area contributed by atoms with E-state index >= 15 is 0 Å². The van der Waals surface area contributed by atoms with E-state index < -0.39 is 0 Å². The first kappa shape index (κ1) is 29.9. The number of hydrogen-bond acceptors (Lipinski definition) is 0. The van der Waals surface area contributed by atoms with E-state index in [1.54, 1.807) is 54.4 Å². The summed E-state index contributed by atoms with van der Waals surface area (Å²) in [5, 5.41) is 13.2. The van der Waals surface area contributed by atoms with Crippen LogP contribution in [-0.4, -0.2) is 42.3 Å². The summed E-state index contributed by atoms with van der Waals surface area (Å²) in [6, 6.07) is 14.7. The van der Waals surface area contributed by atoms with E-state index in [0.717, 1.165) is 0 Å². The zero-order valence-electron chi connectivity index (χ0n) is 15.5. The van der Waals surface area contributed by atoms with Crippen LogP contribution < -0.4 is 0 Å². The first-order valence-corrected chi connectivity index (χ1v) is 6.90. The molecule has 0 fully saturated rings. The van der Waals surface area contributed by atoms with Crippen LogP contribution in [0.5, 0.6) is 0 Å². The van der Waals surface area contributed by atoms with Crippen molar-refractivity contribution in [1.82, 2.24) is 0 Å². The van der Waals surface area contributed by atoms with Crippen LogP contribution in [0.1, 0.15) is 0 Å². The molecule has 0 radical (unpaired) electrons. The van der Waals surface area contributed by atoms with Crippen molar-refractivity contribution >= 4 is 10.8 Å². The molecule has 0 atom stereocenters. The molecule has 0 N–H and O–H groups in total. The van der Waals surface area contributed by atoms with Gasteiger partial charge in [-0.25, -0.2) is 0 Å². The first-order chi connectivity index (χ1) is 10.6. The Balaban J connectivity index is -0.000000111. The third-order valence-corrected chi connectivity index (χ3v) is 1.71. The van der Waals surface area contributed by atoms with Crippen molar-refractivity contribution in [3.63, 3.8) is 0 Å². The topological polar surface area (TPSA) is 42.3 Å². The Kier molecular flexibility index (Phi) is 37.6. The zero-order chi connectivity index (χ0) is 17.6. The number of allylic oxidation sites excluding steroid dienone is 2. The predicted molar refractivity (Wildman–Crippen MR) is 106 cm³/mol. The van der Waals surface area contributed by atoms with Gasteiger partial charge in [0.2, 0.25) is 0 Å². The Labute approximate surface area is 158 Å². The number of nitrogens with zero attached hydrogens (tertiary/aromatic N) is 3. The fourth-order valence-corrected chi connectivity index (χ4v) is 1.07. The second-order valence-corrected chi connectivity index (χ2v) is 3.97. The number of rotatable bonds is 1. The van der Waals surface area contributed by atoms with Crippen LogP contribution in [0.25, 0.3) is 26.7 Å². The minimum Gasteiger partial charge on any atom is -0.668 e. The molecule has 0 heterocycles. The molecule has 0 spiro atoms. The molecule has 2 aromatic carbocycles. The van der Waals surface area contributed by atoms with Gasteiger partial charge in [-0.15, -0.1) is 29.7 Å². The Morgan fingerprint density at radius 2 is 1.17 bits per heavy atom. The Morgan fingerprint density at radius 3 is 1.52 bits per heavy atom. The number of benzene rings is 1. The van der Waals surface area contributed by atoms with Crippen molar-refractivity contribution in [2.24, 2.45) is 0 Å². The fourth-order valence-electron chi connectivity index (χ4n) is 1.07. The van der Waals surface area contributed by atoms with E-state index in [9.17, 15) is 0 Å². The molecule has 0 unspecified atom stereocenters. The van der Waals surface area contributed by atoms with Gasteiger partial charge in [0.1, 0.15) is 0 Å². The molecule has 0 aliphatic rings. The van der Waals surface area contributed by atoms with Crippen LogP contribution in [0.3, 0.4) is 0 Å². The molecule has 4 heteroatoms. The van der Waals surface area contributed by atoms with Crippen LogP contribution in [0.15, 0.2) is 67.8 Å². The van der Waals surface area contributed by atoms with Crippen molar-refractivity contribution in [3.8, 4) is 0 Å². The summed E-state index contributed by atoms with van der Waals surface area (Å²) >= 11 is 0. The van der Waals surface area contributed by atoms with Crippen LogP contribution in [0.4, 0.5) is 0 Å². The van der Waals surface area contributed by atoms with E-state index in [4.69, 9.17) is 0 Å². The summed E-state index contributed by atoms with van der Waals surface area (Å²) in [4.78, 5) is 0. The fraction of sp³-hybridized carbons (Fsp3) is 0.316. The molecule has 0 saturated carbocycles. The molecule has 0 amide bonds. The largest absolute Gasteiger partial charge is 4.00 e. The van der Waals surface area contributed by atoms with Gasteiger partial charge in [-0.05, 0) is 0 Å². The smallest absolute Gasteiger partial charge is 0.668 e. The summed E-state index contributed by atoms with van der Waals surface area (Å²) in [7, 11) is 10.5. The average molecular weight is 349 g/mol. The van der Waals surface area contributed by atoms with Gasteiger partial charge in [0, 0.05) is 0 Å². The van der Waals surface area contributed by atoms with Crippen molar-refractivity contribution in [2.45, 2.75) is 0 Å². The van der Waals surface area contributed by atoms with E-state index in [0.29, 0.717) is 0 Å². The van der Waals surface area contributed by atoms with Gasteiger partial charge in [0.15, 0.2) is 0 Å². The molecule has 0 bridgehead atoms. The SMILES string of the molecule is C=CC=C.C[N-]C.C[N-]C.C[N-]C.[Ti+4].c1ccc2[cH-]ccc2c1. The molecule has 0 aliphatic heterocycles. The molecule has 23 heavy (non-hydrogen) atoms. The van der Waals surface area contributed by atoms with Crippen LogP contribution in [0, 0.1) is 0 Å². The molecular formula is C19H31N3Ti. The second kappa shape index (κ2) is 29.0. The number of hydrogen-bond donors (Lipinski definition) is 0. The molecule has 2 rings (SSSR count). The monoisotopic (exact) mass is 349 g/mol. The van der Waals surface area contributed by atoms with E-state index in [1.165, 1.54) is 10.8 Å². The standard InChI is InChI=1S/C9H7.C4H6.3C2H6N.Ti/c1-2-5-9-7-3-6-8(9)4-1;1-3-4-2;3*1-3-2;/h1-7H;3-4H,1-2H2;3*1-2H3;/q-1;;3*-1;+4. The number of fused-ring (bicyclic) bond motifs is 1. The third-order valence-electron chi connectivity index (χ3n) is 1.71. The quantitative estimate of drug-likeness (QED) is 0.356. The normalized spacial score (nSPS) is 7.22. The second-order valence-electron chi connectivity index (χ2n) is 3.97. The molecule has 126 valence electrons. The minimum atomic E-state index is 0. The third kappa shape index (κ3) is 26.1. The maximum Gasteiger partial charge on any atom is 4.00 e. The Bertz CT molecular complexity index is 398. The van der Waals surface area contributed by atoms with Gasteiger partial charge in [-0.1, -0.05) is 31.4 Å². The van der Waals surface area contributed by atoms with Crippen molar-refractivity contribution in [3.05, 3.63) is 83.7 Å². The van der Waals surface area contributed by atoms with Gasteiger partial charge in [-0.3, -0.25) is 0 Å². The summed E-state index contributed by atoms with van der Waals surface area (Å²) < 4.78 is 0.